The van der Waals surface area contributed by atoms with Crippen LogP contribution in [0.1, 0.15) is 19.8 Å². The van der Waals surface area contributed by atoms with Crippen molar-refractivity contribution in [2.45, 2.75) is 19.8 Å². The van der Waals surface area contributed by atoms with Crippen molar-refractivity contribution in [2.24, 2.45) is 11.8 Å². The van der Waals surface area contributed by atoms with Crippen LogP contribution in [0.15, 0.2) is 0 Å². The Labute approximate surface area is 81.5 Å². The molecule has 1 aliphatic carbocycles. The summed E-state index contributed by atoms with van der Waals surface area (Å²) in [6, 6.07) is 0. The van der Waals surface area contributed by atoms with E-state index in [4.69, 9.17) is 6.42 Å². The van der Waals surface area contributed by atoms with Gasteiger partial charge in [0.05, 0.1) is 6.54 Å². The molecule has 0 saturated heterocycles. The Bertz CT molecular complexity index is 167. The minimum absolute atomic E-state index is 0.680. The van der Waals surface area contributed by atoms with Crippen LogP contribution in [0.5, 0.6) is 0 Å². The second-order valence-corrected chi connectivity index (χ2v) is 3.90. The molecule has 2 nitrogen and oxygen atoms in total. The molecule has 1 saturated carbocycles. The van der Waals surface area contributed by atoms with E-state index in [2.05, 4.69) is 23.5 Å². The maximum Gasteiger partial charge on any atom is 0.0574 e. The maximum atomic E-state index is 5.11. The van der Waals surface area contributed by atoms with Gasteiger partial charge in [-0.05, 0) is 31.2 Å². The molecule has 0 radical (unpaired) electrons. The fraction of sp³-hybridized carbons (Fsp3) is 0.818. The highest BCUT2D eigenvalue weighted by atomic mass is 14.9. The van der Waals surface area contributed by atoms with Crippen molar-refractivity contribution in [2.75, 3.05) is 26.2 Å². The fourth-order valence-corrected chi connectivity index (χ4v) is 1.50. The second-order valence-electron chi connectivity index (χ2n) is 3.90. The third-order valence-electron chi connectivity index (χ3n) is 2.60. The van der Waals surface area contributed by atoms with Gasteiger partial charge in [-0.3, -0.25) is 0 Å². The summed E-state index contributed by atoms with van der Waals surface area (Å²) in [5.41, 5.74) is 0. The number of nitrogens with one attached hydrogen (secondary N) is 2. The Kier molecular flexibility index (Phi) is 4.88. The van der Waals surface area contributed by atoms with E-state index in [1.54, 1.807) is 0 Å². The number of rotatable bonds is 7. The normalized spacial score (nSPS) is 18.2. The highest BCUT2D eigenvalue weighted by Crippen LogP contribution is 2.35. The number of terminal acetylenes is 1. The minimum atomic E-state index is 0.680. The molecule has 0 spiro atoms. The van der Waals surface area contributed by atoms with Crippen LogP contribution in [0.2, 0.25) is 0 Å². The van der Waals surface area contributed by atoms with Crippen molar-refractivity contribution < 1.29 is 0 Å². The largest absolute Gasteiger partial charge is 0.315 e. The first-order chi connectivity index (χ1) is 6.34. The Morgan fingerprint density at radius 2 is 2.08 bits per heavy atom. The molecule has 1 fully saturated rings. The Morgan fingerprint density at radius 3 is 2.69 bits per heavy atom. The summed E-state index contributed by atoms with van der Waals surface area (Å²) in [5.74, 6) is 4.42. The summed E-state index contributed by atoms with van der Waals surface area (Å²) >= 11 is 0. The lowest BCUT2D eigenvalue weighted by atomic mass is 10.1. The molecule has 74 valence electrons. The molecular formula is C11H20N2. The first kappa shape index (κ1) is 10.6. The third kappa shape index (κ3) is 4.92. The van der Waals surface area contributed by atoms with E-state index >= 15 is 0 Å². The first-order valence-electron chi connectivity index (χ1n) is 5.19. The summed E-state index contributed by atoms with van der Waals surface area (Å²) in [7, 11) is 0. The zero-order valence-electron chi connectivity index (χ0n) is 8.47. The average Bonchev–Trinajstić information content (AvgIpc) is 2.93. The SMILES string of the molecule is C#CCNCCNCC(C)C1CC1. The number of hydrogen-bond donors (Lipinski definition) is 2. The van der Waals surface area contributed by atoms with Crippen molar-refractivity contribution in [3.63, 3.8) is 0 Å². The number of hydrogen-bond acceptors (Lipinski definition) is 2. The molecule has 13 heavy (non-hydrogen) atoms. The monoisotopic (exact) mass is 180 g/mol. The van der Waals surface area contributed by atoms with Crippen LogP contribution in [-0.2, 0) is 0 Å². The van der Waals surface area contributed by atoms with Crippen LogP contribution in [-0.4, -0.2) is 26.2 Å². The average molecular weight is 180 g/mol. The molecular weight excluding hydrogens is 160 g/mol. The van der Waals surface area contributed by atoms with E-state index in [1.807, 2.05) is 0 Å². The van der Waals surface area contributed by atoms with Crippen LogP contribution in [0.25, 0.3) is 0 Å². The molecule has 1 atom stereocenters. The Balaban J connectivity index is 1.81. The zero-order valence-corrected chi connectivity index (χ0v) is 8.47. The maximum absolute atomic E-state index is 5.11. The molecule has 0 heterocycles. The lowest BCUT2D eigenvalue weighted by Gasteiger charge is -2.10. The van der Waals surface area contributed by atoms with Crippen molar-refractivity contribution in [1.29, 1.82) is 0 Å². The zero-order chi connectivity index (χ0) is 9.52. The molecule has 2 N–H and O–H groups in total. The van der Waals surface area contributed by atoms with Crippen molar-refractivity contribution >= 4 is 0 Å². The Hall–Kier alpha value is -0.520. The highest BCUT2D eigenvalue weighted by Gasteiger charge is 2.27. The fourth-order valence-electron chi connectivity index (χ4n) is 1.50. The summed E-state index contributed by atoms with van der Waals surface area (Å²) < 4.78 is 0. The predicted molar refractivity (Wildman–Crippen MR) is 56.5 cm³/mol. The highest BCUT2D eigenvalue weighted by molar-refractivity contribution is 4.86. The van der Waals surface area contributed by atoms with E-state index < -0.39 is 0 Å². The van der Waals surface area contributed by atoms with Gasteiger partial charge in [0.1, 0.15) is 0 Å². The quantitative estimate of drug-likeness (QED) is 0.448. The molecule has 1 rings (SSSR count). The molecule has 0 aliphatic heterocycles. The first-order valence-corrected chi connectivity index (χ1v) is 5.19. The van der Waals surface area contributed by atoms with Crippen LogP contribution in [0.3, 0.4) is 0 Å². The summed E-state index contributed by atoms with van der Waals surface area (Å²) in [6.45, 7) is 6.17. The van der Waals surface area contributed by atoms with Gasteiger partial charge in [0.2, 0.25) is 0 Å². The van der Waals surface area contributed by atoms with E-state index in [-0.39, 0.29) is 0 Å². The van der Waals surface area contributed by atoms with Gasteiger partial charge in [0.25, 0.3) is 0 Å². The summed E-state index contributed by atoms with van der Waals surface area (Å²) in [4.78, 5) is 0. The summed E-state index contributed by atoms with van der Waals surface area (Å²) in [6.07, 6.45) is 7.99. The van der Waals surface area contributed by atoms with Crippen molar-refractivity contribution in [3.8, 4) is 12.3 Å². The molecule has 0 amide bonds. The lowest BCUT2D eigenvalue weighted by Crippen LogP contribution is -2.30. The topological polar surface area (TPSA) is 24.1 Å². The van der Waals surface area contributed by atoms with E-state index in [0.717, 1.165) is 31.5 Å². The molecule has 0 aromatic heterocycles. The molecule has 0 bridgehead atoms. The van der Waals surface area contributed by atoms with Gasteiger partial charge in [-0.2, -0.15) is 0 Å². The molecule has 0 aromatic rings. The van der Waals surface area contributed by atoms with Gasteiger partial charge in [-0.15, -0.1) is 6.42 Å². The van der Waals surface area contributed by atoms with Gasteiger partial charge in [0.15, 0.2) is 0 Å². The van der Waals surface area contributed by atoms with Crippen LogP contribution in [0.4, 0.5) is 0 Å². The van der Waals surface area contributed by atoms with Crippen molar-refractivity contribution in [3.05, 3.63) is 0 Å². The third-order valence-corrected chi connectivity index (χ3v) is 2.60. The van der Waals surface area contributed by atoms with Gasteiger partial charge >= 0.3 is 0 Å². The van der Waals surface area contributed by atoms with Gasteiger partial charge in [-0.25, -0.2) is 0 Å². The van der Waals surface area contributed by atoms with Crippen LogP contribution in [0, 0.1) is 24.2 Å². The van der Waals surface area contributed by atoms with E-state index in [9.17, 15) is 0 Å². The smallest absolute Gasteiger partial charge is 0.0574 e. The molecule has 1 unspecified atom stereocenters. The van der Waals surface area contributed by atoms with Gasteiger partial charge < -0.3 is 10.6 Å². The van der Waals surface area contributed by atoms with Gasteiger partial charge in [-0.1, -0.05) is 12.8 Å². The van der Waals surface area contributed by atoms with Gasteiger partial charge in [0, 0.05) is 13.1 Å². The van der Waals surface area contributed by atoms with E-state index in [0.29, 0.717) is 6.54 Å². The Morgan fingerprint density at radius 1 is 1.38 bits per heavy atom. The van der Waals surface area contributed by atoms with E-state index in [1.165, 1.54) is 12.8 Å². The minimum Gasteiger partial charge on any atom is -0.315 e. The second kappa shape index (κ2) is 6.01. The van der Waals surface area contributed by atoms with Crippen molar-refractivity contribution in [1.82, 2.24) is 10.6 Å². The molecule has 2 heteroatoms. The summed E-state index contributed by atoms with van der Waals surface area (Å²) in [5, 5.41) is 6.59. The molecule has 0 aromatic carbocycles. The standard InChI is InChI=1S/C11H20N2/c1-3-6-12-7-8-13-9-10(2)11-4-5-11/h1,10-13H,4-9H2,2H3. The molecule has 1 aliphatic rings. The van der Waals surface area contributed by atoms with Crippen LogP contribution >= 0.6 is 0 Å². The van der Waals surface area contributed by atoms with Crippen LogP contribution < -0.4 is 10.6 Å². The lowest BCUT2D eigenvalue weighted by molar-refractivity contribution is 0.460. The predicted octanol–water partition coefficient (Wildman–Crippen LogP) is 0.845.